The van der Waals surface area contributed by atoms with Crippen molar-refractivity contribution in [2.75, 3.05) is 7.11 Å². The number of H-pyrrole nitrogens is 1. The third-order valence-corrected chi connectivity index (χ3v) is 1.48. The lowest BCUT2D eigenvalue weighted by Crippen LogP contribution is -2.02. The lowest BCUT2D eigenvalue weighted by atomic mass is 10.3. The summed E-state index contributed by atoms with van der Waals surface area (Å²) in [7, 11) is 1.56. The van der Waals surface area contributed by atoms with E-state index in [4.69, 9.17) is 22.7 Å². The normalized spacial score (nSPS) is 9.64. The maximum atomic E-state index is 5.40. The van der Waals surface area contributed by atoms with Crippen LogP contribution in [-0.2, 0) is 6.54 Å². The summed E-state index contributed by atoms with van der Waals surface area (Å²) in [6.45, 7) is 0.391. The van der Waals surface area contributed by atoms with Gasteiger partial charge in [0.15, 0.2) is 10.7 Å². The van der Waals surface area contributed by atoms with E-state index < -0.39 is 0 Å². The number of rotatable bonds is 2. The Hall–Kier alpha value is -0.940. The van der Waals surface area contributed by atoms with Gasteiger partial charge in [-0.25, -0.2) is 4.98 Å². The van der Waals surface area contributed by atoms with Crippen molar-refractivity contribution < 1.29 is 4.74 Å². The van der Waals surface area contributed by atoms with Crippen LogP contribution >= 0.6 is 12.2 Å². The number of nitrogens with two attached hydrogens (primary N) is 1. The summed E-state index contributed by atoms with van der Waals surface area (Å²) in [6.07, 6.45) is 1.61. The number of methoxy groups -OCH3 is 1. The number of hydrogen-bond donors (Lipinski definition) is 2. The number of aromatic amines is 1. The Bertz CT molecular complexity index is 296. The van der Waals surface area contributed by atoms with Gasteiger partial charge in [0.25, 0.3) is 0 Å². The second-order valence-electron chi connectivity index (χ2n) is 1.95. The van der Waals surface area contributed by atoms with Crippen LogP contribution in [0.15, 0.2) is 6.20 Å². The van der Waals surface area contributed by atoms with Crippen LogP contribution in [0.3, 0.4) is 0 Å². The fourth-order valence-corrected chi connectivity index (χ4v) is 0.878. The van der Waals surface area contributed by atoms with E-state index in [0.717, 1.165) is 5.56 Å². The van der Waals surface area contributed by atoms with Crippen molar-refractivity contribution in [3.05, 3.63) is 16.5 Å². The standard InChI is InChI=1S/C6H9N3OS/c1-10-5-4(2-7)3-8-6(11)9-5/h3H,2,7H2,1H3,(H,8,9,11). The van der Waals surface area contributed by atoms with Crippen molar-refractivity contribution >= 4 is 12.2 Å². The van der Waals surface area contributed by atoms with Crippen molar-refractivity contribution in [2.45, 2.75) is 6.54 Å². The number of hydrogen-bond acceptors (Lipinski definition) is 4. The Morgan fingerprint density at radius 2 is 2.55 bits per heavy atom. The zero-order valence-electron chi connectivity index (χ0n) is 6.13. The van der Waals surface area contributed by atoms with E-state index in [1.54, 1.807) is 13.3 Å². The van der Waals surface area contributed by atoms with Gasteiger partial charge in [-0.05, 0) is 12.2 Å². The monoisotopic (exact) mass is 171 g/mol. The average Bonchev–Trinajstić information content (AvgIpc) is 2.04. The molecule has 4 nitrogen and oxygen atoms in total. The zero-order chi connectivity index (χ0) is 8.27. The molecule has 1 rings (SSSR count). The van der Waals surface area contributed by atoms with Crippen LogP contribution in [0.2, 0.25) is 0 Å². The maximum Gasteiger partial charge on any atom is 0.199 e. The quantitative estimate of drug-likeness (QED) is 0.640. The highest BCUT2D eigenvalue weighted by molar-refractivity contribution is 7.71. The molecule has 60 valence electrons. The third kappa shape index (κ3) is 1.75. The van der Waals surface area contributed by atoms with Crippen LogP contribution < -0.4 is 10.5 Å². The van der Waals surface area contributed by atoms with Crippen LogP contribution in [-0.4, -0.2) is 17.1 Å². The molecule has 0 spiro atoms. The molecule has 0 saturated carbocycles. The van der Waals surface area contributed by atoms with E-state index in [-0.39, 0.29) is 0 Å². The van der Waals surface area contributed by atoms with E-state index in [2.05, 4.69) is 9.97 Å². The second-order valence-corrected chi connectivity index (χ2v) is 2.34. The number of nitrogens with one attached hydrogen (secondary N) is 1. The molecule has 0 aliphatic rings. The van der Waals surface area contributed by atoms with Crippen molar-refractivity contribution in [1.82, 2.24) is 9.97 Å². The summed E-state index contributed by atoms with van der Waals surface area (Å²) in [5.41, 5.74) is 6.22. The fourth-order valence-electron chi connectivity index (χ4n) is 0.732. The molecule has 5 heteroatoms. The largest absolute Gasteiger partial charge is 0.482 e. The molecule has 1 aromatic rings. The Kier molecular flexibility index (Phi) is 2.56. The zero-order valence-corrected chi connectivity index (χ0v) is 6.94. The first-order chi connectivity index (χ1) is 5.27. The van der Waals surface area contributed by atoms with Gasteiger partial charge in [-0.15, -0.1) is 0 Å². The molecular formula is C6H9N3OS. The van der Waals surface area contributed by atoms with Gasteiger partial charge < -0.3 is 15.5 Å². The first kappa shape index (κ1) is 8.16. The van der Waals surface area contributed by atoms with E-state index in [1.165, 1.54) is 0 Å². The first-order valence-corrected chi connectivity index (χ1v) is 3.51. The highest BCUT2D eigenvalue weighted by Gasteiger charge is 1.99. The van der Waals surface area contributed by atoms with Crippen molar-refractivity contribution in [2.24, 2.45) is 5.73 Å². The Balaban J connectivity index is 3.16. The van der Waals surface area contributed by atoms with E-state index in [1.807, 2.05) is 0 Å². The molecular weight excluding hydrogens is 162 g/mol. The summed E-state index contributed by atoms with van der Waals surface area (Å²) in [5.74, 6) is 0.590. The molecule has 0 aromatic carbocycles. The molecule has 0 radical (unpaired) electrons. The maximum absolute atomic E-state index is 5.40. The lowest BCUT2D eigenvalue weighted by Gasteiger charge is -2.03. The van der Waals surface area contributed by atoms with Crippen molar-refractivity contribution in [3.63, 3.8) is 0 Å². The lowest BCUT2D eigenvalue weighted by molar-refractivity contribution is 0.390. The van der Waals surface area contributed by atoms with Gasteiger partial charge in [0.05, 0.1) is 7.11 Å². The summed E-state index contributed by atoms with van der Waals surface area (Å²) >= 11 is 4.79. The fraction of sp³-hybridized carbons (Fsp3) is 0.333. The summed E-state index contributed by atoms with van der Waals surface area (Å²) in [4.78, 5) is 6.64. The van der Waals surface area contributed by atoms with Crippen LogP contribution in [0.5, 0.6) is 5.88 Å². The Labute approximate surface area is 69.4 Å². The predicted octanol–water partition coefficient (Wildman–Crippen LogP) is 0.606. The Morgan fingerprint density at radius 3 is 3.09 bits per heavy atom. The molecule has 3 N–H and O–H groups in total. The molecule has 0 bridgehead atoms. The minimum atomic E-state index is 0.391. The van der Waals surface area contributed by atoms with Gasteiger partial charge in [-0.2, -0.15) is 0 Å². The van der Waals surface area contributed by atoms with Crippen molar-refractivity contribution in [1.29, 1.82) is 0 Å². The van der Waals surface area contributed by atoms with Gasteiger partial charge in [-0.1, -0.05) is 0 Å². The van der Waals surface area contributed by atoms with Crippen molar-refractivity contribution in [3.8, 4) is 5.88 Å². The number of aromatic nitrogens is 2. The predicted molar refractivity (Wildman–Crippen MR) is 43.9 cm³/mol. The van der Waals surface area contributed by atoms with Crippen LogP contribution in [0.25, 0.3) is 0 Å². The summed E-state index contributed by atoms with van der Waals surface area (Å²) in [6, 6.07) is 0. The van der Waals surface area contributed by atoms with E-state index in [9.17, 15) is 0 Å². The van der Waals surface area contributed by atoms with Gasteiger partial charge in [0.2, 0.25) is 0 Å². The summed E-state index contributed by atoms with van der Waals surface area (Å²) < 4.78 is 5.38. The van der Waals surface area contributed by atoms with Gasteiger partial charge in [0, 0.05) is 18.3 Å². The van der Waals surface area contributed by atoms with E-state index >= 15 is 0 Å². The molecule has 0 amide bonds. The highest BCUT2D eigenvalue weighted by atomic mass is 32.1. The first-order valence-electron chi connectivity index (χ1n) is 3.10. The third-order valence-electron chi connectivity index (χ3n) is 1.27. The van der Waals surface area contributed by atoms with Gasteiger partial charge >= 0.3 is 0 Å². The molecule has 1 aromatic heterocycles. The highest BCUT2D eigenvalue weighted by Crippen LogP contribution is 2.10. The minimum absolute atomic E-state index is 0.391. The smallest absolute Gasteiger partial charge is 0.199 e. The molecule has 0 aliphatic heterocycles. The second kappa shape index (κ2) is 3.45. The van der Waals surface area contributed by atoms with E-state index in [0.29, 0.717) is 17.2 Å². The topological polar surface area (TPSA) is 63.9 Å². The molecule has 1 heterocycles. The average molecular weight is 171 g/mol. The van der Waals surface area contributed by atoms with Crippen LogP contribution in [0.1, 0.15) is 5.56 Å². The minimum Gasteiger partial charge on any atom is -0.482 e. The van der Waals surface area contributed by atoms with Crippen LogP contribution in [0, 0.1) is 4.77 Å². The molecule has 0 unspecified atom stereocenters. The molecule has 0 aliphatic carbocycles. The van der Waals surface area contributed by atoms with Gasteiger partial charge in [-0.3, -0.25) is 0 Å². The Morgan fingerprint density at radius 1 is 1.82 bits per heavy atom. The number of nitrogens with zero attached hydrogens (tertiary/aromatic N) is 1. The molecule has 0 fully saturated rings. The SMILES string of the molecule is COc1[nH]c(=S)ncc1CN. The summed E-state index contributed by atoms with van der Waals surface area (Å²) in [5, 5.41) is 0. The number of ether oxygens (including phenoxy) is 1. The molecule has 11 heavy (non-hydrogen) atoms. The van der Waals surface area contributed by atoms with Gasteiger partial charge in [0.1, 0.15) is 0 Å². The van der Waals surface area contributed by atoms with Crippen LogP contribution in [0.4, 0.5) is 0 Å². The molecule has 0 atom stereocenters. The molecule has 0 saturated heterocycles.